The maximum Gasteiger partial charge on any atom is 0.0582 e. The zero-order valence-corrected chi connectivity index (χ0v) is 25.4. The number of aromatic nitrogens is 2. The molecule has 2 aromatic heterocycles. The van der Waals surface area contributed by atoms with E-state index in [1.54, 1.807) is 0 Å². The van der Waals surface area contributed by atoms with Crippen LogP contribution in [0.3, 0.4) is 0 Å². The van der Waals surface area contributed by atoms with Crippen LogP contribution in [-0.2, 0) is 10.8 Å². The lowest BCUT2D eigenvalue weighted by Gasteiger charge is -2.34. The van der Waals surface area contributed by atoms with Gasteiger partial charge in [0.15, 0.2) is 0 Å². The molecule has 2 nitrogen and oxygen atoms in total. The van der Waals surface area contributed by atoms with Crippen LogP contribution in [0.15, 0.2) is 121 Å². The third kappa shape index (κ3) is 2.78. The molecule has 0 unspecified atom stereocenters. The fourth-order valence-corrected chi connectivity index (χ4v) is 8.72. The average Bonchev–Trinajstić information content (AvgIpc) is 3.63. The summed E-state index contributed by atoms with van der Waals surface area (Å²) >= 11 is 0. The lowest BCUT2D eigenvalue weighted by molar-refractivity contribution is 0.630. The van der Waals surface area contributed by atoms with Gasteiger partial charge >= 0.3 is 0 Å². The Balaban J connectivity index is 1.25. The molecule has 210 valence electrons. The Hall–Kier alpha value is -5.08. The minimum Gasteiger partial charge on any atom is -0.309 e. The smallest absolute Gasteiger partial charge is 0.0582 e. The van der Waals surface area contributed by atoms with E-state index in [2.05, 4.69) is 158 Å². The Bertz CT molecular complexity index is 2500. The highest BCUT2D eigenvalue weighted by Gasteiger charge is 2.39. The summed E-state index contributed by atoms with van der Waals surface area (Å²) in [5.41, 5.74) is 15.8. The van der Waals surface area contributed by atoms with Crippen molar-refractivity contribution in [2.75, 3.05) is 0 Å². The summed E-state index contributed by atoms with van der Waals surface area (Å²) in [6, 6.07) is 45.6. The maximum atomic E-state index is 2.55. The van der Waals surface area contributed by atoms with Crippen molar-refractivity contribution >= 4 is 43.6 Å². The van der Waals surface area contributed by atoms with Crippen LogP contribution in [0.1, 0.15) is 49.9 Å². The summed E-state index contributed by atoms with van der Waals surface area (Å²) in [5.74, 6) is 0. The number of benzene rings is 6. The van der Waals surface area contributed by atoms with Crippen molar-refractivity contribution < 1.29 is 0 Å². The van der Waals surface area contributed by atoms with Crippen LogP contribution < -0.4 is 0 Å². The standard InChI is InChI=1S/C42H32N2/c1-41(2)32-15-7-10-19-38(32)44-39-24-35-30(23-31(39)29-14-11-16-33(41)40(29)44)26-21-20-25(22-34(26)42(35,3)4)43-36-17-8-5-12-27(36)28-13-6-9-18-37(28)43/h5-24H,1-4H3. The highest BCUT2D eigenvalue weighted by Crippen LogP contribution is 2.53. The second-order valence-corrected chi connectivity index (χ2v) is 13.8. The van der Waals surface area contributed by atoms with Gasteiger partial charge in [0.25, 0.3) is 0 Å². The van der Waals surface area contributed by atoms with E-state index in [0.717, 1.165) is 0 Å². The Morgan fingerprint density at radius 3 is 1.80 bits per heavy atom. The molecule has 44 heavy (non-hydrogen) atoms. The van der Waals surface area contributed by atoms with Crippen molar-refractivity contribution in [2.24, 2.45) is 0 Å². The van der Waals surface area contributed by atoms with Gasteiger partial charge in [-0.1, -0.05) is 107 Å². The van der Waals surface area contributed by atoms with Gasteiger partial charge < -0.3 is 9.13 Å². The van der Waals surface area contributed by atoms with E-state index in [-0.39, 0.29) is 10.8 Å². The van der Waals surface area contributed by atoms with E-state index in [9.17, 15) is 0 Å². The summed E-state index contributed by atoms with van der Waals surface area (Å²) in [6.45, 7) is 9.55. The molecule has 0 radical (unpaired) electrons. The van der Waals surface area contributed by atoms with E-state index in [0.29, 0.717) is 0 Å². The zero-order valence-electron chi connectivity index (χ0n) is 25.4. The quantitative estimate of drug-likeness (QED) is 0.188. The average molecular weight is 565 g/mol. The third-order valence-electron chi connectivity index (χ3n) is 10.9. The molecule has 1 aliphatic heterocycles. The van der Waals surface area contributed by atoms with Gasteiger partial charge in [-0.25, -0.2) is 0 Å². The molecule has 0 fully saturated rings. The number of fused-ring (bicyclic) bond motifs is 11. The van der Waals surface area contributed by atoms with Gasteiger partial charge in [0.1, 0.15) is 0 Å². The molecule has 3 heterocycles. The van der Waals surface area contributed by atoms with Gasteiger partial charge in [-0.15, -0.1) is 0 Å². The summed E-state index contributed by atoms with van der Waals surface area (Å²) < 4.78 is 4.98. The van der Waals surface area contributed by atoms with Crippen molar-refractivity contribution in [1.29, 1.82) is 0 Å². The van der Waals surface area contributed by atoms with Gasteiger partial charge in [-0.05, 0) is 75.8 Å². The van der Waals surface area contributed by atoms with Gasteiger partial charge in [0, 0.05) is 38.1 Å². The normalized spacial score (nSPS) is 15.6. The first-order valence-electron chi connectivity index (χ1n) is 15.7. The molecule has 1 aliphatic carbocycles. The first-order chi connectivity index (χ1) is 21.4. The molecule has 0 N–H and O–H groups in total. The van der Waals surface area contributed by atoms with Gasteiger partial charge in [0.05, 0.1) is 27.8 Å². The van der Waals surface area contributed by atoms with E-state index in [4.69, 9.17) is 0 Å². The Kier molecular flexibility index (Phi) is 4.37. The summed E-state index contributed by atoms with van der Waals surface area (Å²) in [7, 11) is 0. The summed E-state index contributed by atoms with van der Waals surface area (Å²) in [4.78, 5) is 0. The fraction of sp³-hybridized carbons (Fsp3) is 0.143. The van der Waals surface area contributed by atoms with Crippen LogP contribution in [-0.4, -0.2) is 9.13 Å². The van der Waals surface area contributed by atoms with E-state index in [1.807, 2.05) is 0 Å². The van der Waals surface area contributed by atoms with Crippen molar-refractivity contribution in [3.05, 3.63) is 144 Å². The number of hydrogen-bond acceptors (Lipinski definition) is 0. The van der Waals surface area contributed by atoms with E-state index in [1.165, 1.54) is 88.4 Å². The molecule has 0 saturated carbocycles. The number of rotatable bonds is 1. The monoisotopic (exact) mass is 564 g/mol. The second kappa shape index (κ2) is 7.89. The summed E-state index contributed by atoms with van der Waals surface area (Å²) in [5, 5.41) is 5.27. The highest BCUT2D eigenvalue weighted by molar-refractivity contribution is 6.14. The molecule has 8 aromatic rings. The Morgan fingerprint density at radius 2 is 1.02 bits per heavy atom. The minimum atomic E-state index is -0.138. The SMILES string of the molecule is CC1(C)c2cc(-n3c4ccccc4c4ccccc43)ccc2-c2cc3c4cccc5c4n(c3cc21)-c1ccccc1C5(C)C. The predicted molar refractivity (Wildman–Crippen MR) is 185 cm³/mol. The van der Waals surface area contributed by atoms with Crippen LogP contribution in [0.25, 0.3) is 66.1 Å². The third-order valence-corrected chi connectivity index (χ3v) is 10.9. The van der Waals surface area contributed by atoms with Gasteiger partial charge in [0.2, 0.25) is 0 Å². The molecule has 0 atom stereocenters. The molecule has 6 aromatic carbocycles. The van der Waals surface area contributed by atoms with Crippen LogP contribution in [0, 0.1) is 0 Å². The number of para-hydroxylation sites is 4. The molecule has 0 amide bonds. The largest absolute Gasteiger partial charge is 0.309 e. The molecule has 0 spiro atoms. The zero-order chi connectivity index (χ0) is 29.5. The molecule has 0 saturated heterocycles. The lowest BCUT2D eigenvalue weighted by Crippen LogP contribution is -2.26. The predicted octanol–water partition coefficient (Wildman–Crippen LogP) is 10.8. The van der Waals surface area contributed by atoms with Crippen LogP contribution in [0.5, 0.6) is 0 Å². The van der Waals surface area contributed by atoms with Crippen LogP contribution >= 0.6 is 0 Å². The molecule has 2 heteroatoms. The molecule has 0 bridgehead atoms. The fourth-order valence-electron chi connectivity index (χ4n) is 8.72. The van der Waals surface area contributed by atoms with E-state index < -0.39 is 0 Å². The van der Waals surface area contributed by atoms with Crippen molar-refractivity contribution in [1.82, 2.24) is 9.13 Å². The number of hydrogen-bond donors (Lipinski definition) is 0. The molecule has 2 aliphatic rings. The first-order valence-corrected chi connectivity index (χ1v) is 15.7. The van der Waals surface area contributed by atoms with Crippen molar-refractivity contribution in [3.63, 3.8) is 0 Å². The summed E-state index contributed by atoms with van der Waals surface area (Å²) in [6.07, 6.45) is 0. The lowest BCUT2D eigenvalue weighted by atomic mass is 9.75. The van der Waals surface area contributed by atoms with E-state index >= 15 is 0 Å². The topological polar surface area (TPSA) is 9.86 Å². The minimum absolute atomic E-state index is 0.0573. The van der Waals surface area contributed by atoms with Crippen molar-refractivity contribution in [3.8, 4) is 22.5 Å². The Morgan fingerprint density at radius 1 is 0.409 bits per heavy atom. The highest BCUT2D eigenvalue weighted by atomic mass is 15.0. The van der Waals surface area contributed by atoms with Gasteiger partial charge in [-0.3, -0.25) is 0 Å². The molecule has 10 rings (SSSR count). The Labute approximate surface area is 256 Å². The number of nitrogens with zero attached hydrogens (tertiary/aromatic N) is 2. The van der Waals surface area contributed by atoms with Crippen LogP contribution in [0.4, 0.5) is 0 Å². The second-order valence-electron chi connectivity index (χ2n) is 13.8. The van der Waals surface area contributed by atoms with Gasteiger partial charge in [-0.2, -0.15) is 0 Å². The maximum absolute atomic E-state index is 2.55. The van der Waals surface area contributed by atoms with Crippen LogP contribution in [0.2, 0.25) is 0 Å². The van der Waals surface area contributed by atoms with Crippen molar-refractivity contribution in [2.45, 2.75) is 38.5 Å². The molecular weight excluding hydrogens is 532 g/mol. The first kappa shape index (κ1) is 24.4. The molecular formula is C42H32N2.